The second kappa shape index (κ2) is 7.78. The summed E-state index contributed by atoms with van der Waals surface area (Å²) in [6, 6.07) is 3.75. The van der Waals surface area contributed by atoms with Gasteiger partial charge in [0.2, 0.25) is 5.91 Å². The molecule has 142 valence electrons. The molecular weight excluding hydrogens is 352 g/mol. The van der Waals surface area contributed by atoms with E-state index in [0.29, 0.717) is 0 Å². The van der Waals surface area contributed by atoms with Gasteiger partial charge in [-0.2, -0.15) is 0 Å². The van der Waals surface area contributed by atoms with Crippen LogP contribution in [0.2, 0.25) is 5.02 Å². The lowest BCUT2D eigenvalue weighted by atomic mass is 9.92. The van der Waals surface area contributed by atoms with Gasteiger partial charge in [0.25, 0.3) is 0 Å². The number of hydrogen-bond acceptors (Lipinski definition) is 6. The maximum Gasteiger partial charge on any atom is 0.228 e. The summed E-state index contributed by atoms with van der Waals surface area (Å²) < 4.78 is 0. The third-order valence-electron chi connectivity index (χ3n) is 5.81. The number of amides is 1. The number of aromatic nitrogens is 1. The Balaban J connectivity index is 1.33. The number of nitrogens with one attached hydrogen (secondary N) is 2. The second-order valence-electron chi connectivity index (χ2n) is 7.50. The Kier molecular flexibility index (Phi) is 5.42. The molecule has 3 aliphatic heterocycles. The van der Waals surface area contributed by atoms with E-state index in [0.717, 1.165) is 62.8 Å². The van der Waals surface area contributed by atoms with Crippen molar-refractivity contribution >= 4 is 17.5 Å². The molecule has 8 heteroatoms. The van der Waals surface area contributed by atoms with E-state index in [4.69, 9.17) is 11.6 Å². The molecule has 2 N–H and O–H groups in total. The first kappa shape index (κ1) is 18.1. The van der Waals surface area contributed by atoms with Gasteiger partial charge < -0.3 is 5.32 Å². The number of fused-ring (bicyclic) bond motifs is 1. The van der Waals surface area contributed by atoms with Crippen LogP contribution in [-0.4, -0.2) is 77.8 Å². The van der Waals surface area contributed by atoms with Gasteiger partial charge in [0.15, 0.2) is 0 Å². The minimum atomic E-state index is -0.0788. The summed E-state index contributed by atoms with van der Waals surface area (Å²) in [4.78, 5) is 23.9. The van der Waals surface area contributed by atoms with Gasteiger partial charge in [-0.25, -0.2) is 0 Å². The molecule has 3 atom stereocenters. The number of halogens is 1. The van der Waals surface area contributed by atoms with Crippen molar-refractivity contribution in [2.75, 3.05) is 39.8 Å². The molecule has 1 aromatic rings. The maximum absolute atomic E-state index is 12.5. The molecule has 26 heavy (non-hydrogen) atoms. The van der Waals surface area contributed by atoms with Crippen LogP contribution in [0.1, 0.15) is 18.5 Å². The van der Waals surface area contributed by atoms with Crippen LogP contribution in [0.4, 0.5) is 0 Å². The number of carbonyl (C=O) groups excluding carboxylic acids is 1. The highest BCUT2D eigenvalue weighted by Gasteiger charge is 2.42. The van der Waals surface area contributed by atoms with Crippen molar-refractivity contribution in [1.82, 2.24) is 30.3 Å². The zero-order valence-electron chi connectivity index (χ0n) is 15.2. The number of likely N-dealkylation sites (tertiary alicyclic amines) is 1. The fourth-order valence-corrected chi connectivity index (χ4v) is 4.43. The Morgan fingerprint density at radius 1 is 1.27 bits per heavy atom. The van der Waals surface area contributed by atoms with Crippen LogP contribution >= 0.6 is 11.6 Å². The highest BCUT2D eigenvalue weighted by molar-refractivity contribution is 6.31. The number of piperidine rings is 1. The van der Waals surface area contributed by atoms with Crippen molar-refractivity contribution in [2.45, 2.75) is 31.8 Å². The summed E-state index contributed by atoms with van der Waals surface area (Å²) in [5, 5.41) is 7.55. The number of rotatable bonds is 3. The molecular formula is C18H27ClN6O. The molecule has 0 aromatic carbocycles. The zero-order valence-corrected chi connectivity index (χ0v) is 16.0. The van der Waals surface area contributed by atoms with Gasteiger partial charge in [0, 0.05) is 38.9 Å². The number of carbonyl (C=O) groups is 1. The maximum atomic E-state index is 12.5. The quantitative estimate of drug-likeness (QED) is 0.799. The van der Waals surface area contributed by atoms with Gasteiger partial charge in [0.05, 0.1) is 22.8 Å². The van der Waals surface area contributed by atoms with Crippen LogP contribution in [0.15, 0.2) is 18.3 Å². The third-order valence-corrected chi connectivity index (χ3v) is 6.15. The van der Waals surface area contributed by atoms with Crippen LogP contribution in [0.3, 0.4) is 0 Å². The van der Waals surface area contributed by atoms with Crippen molar-refractivity contribution in [1.29, 1.82) is 0 Å². The standard InChI is InChI=1S/C18H27ClN6O/c1-23-7-3-4-13-16(23)21-18(22-17(13)26)25-10-8-24(9-11-25)12-15-14(19)5-2-6-20-15/h2,5-6,13,16,18,21H,3-4,7-12H2,1H3,(H,22,26). The summed E-state index contributed by atoms with van der Waals surface area (Å²) in [5.41, 5.74) is 0.929. The molecule has 0 saturated carbocycles. The van der Waals surface area contributed by atoms with Gasteiger partial charge in [-0.1, -0.05) is 11.6 Å². The molecule has 0 spiro atoms. The SMILES string of the molecule is CN1CCCC2C(=O)NC(N3CCN(Cc4ncccc4Cl)CC3)NC21. The molecule has 0 bridgehead atoms. The molecule has 3 fully saturated rings. The number of hydrogen-bond donors (Lipinski definition) is 2. The van der Waals surface area contributed by atoms with Crippen molar-refractivity contribution in [3.63, 3.8) is 0 Å². The highest BCUT2D eigenvalue weighted by Crippen LogP contribution is 2.25. The minimum Gasteiger partial charge on any atom is -0.328 e. The molecule has 0 aliphatic carbocycles. The smallest absolute Gasteiger partial charge is 0.228 e. The average molecular weight is 379 g/mol. The predicted octanol–water partition coefficient (Wildman–Crippen LogP) is 0.524. The molecule has 3 saturated heterocycles. The minimum absolute atomic E-state index is 0.0672. The van der Waals surface area contributed by atoms with E-state index in [2.05, 4.69) is 37.4 Å². The van der Waals surface area contributed by atoms with Crippen LogP contribution in [-0.2, 0) is 11.3 Å². The van der Waals surface area contributed by atoms with Gasteiger partial charge >= 0.3 is 0 Å². The fourth-order valence-electron chi connectivity index (χ4n) is 4.25. The van der Waals surface area contributed by atoms with Crippen molar-refractivity contribution in [2.24, 2.45) is 5.92 Å². The lowest BCUT2D eigenvalue weighted by Crippen LogP contribution is -2.72. The van der Waals surface area contributed by atoms with Gasteiger partial charge in [0.1, 0.15) is 6.29 Å². The summed E-state index contributed by atoms with van der Waals surface area (Å²) in [7, 11) is 2.11. The summed E-state index contributed by atoms with van der Waals surface area (Å²) in [5.74, 6) is 0.255. The van der Waals surface area contributed by atoms with E-state index in [1.54, 1.807) is 6.20 Å². The molecule has 1 aromatic heterocycles. The van der Waals surface area contributed by atoms with Gasteiger partial charge in [-0.15, -0.1) is 0 Å². The first-order valence-electron chi connectivity index (χ1n) is 9.44. The molecule has 7 nitrogen and oxygen atoms in total. The third kappa shape index (κ3) is 3.73. The van der Waals surface area contributed by atoms with Crippen LogP contribution in [0.25, 0.3) is 0 Å². The van der Waals surface area contributed by atoms with E-state index in [1.807, 2.05) is 12.1 Å². The van der Waals surface area contributed by atoms with Crippen LogP contribution in [0, 0.1) is 5.92 Å². The lowest BCUT2D eigenvalue weighted by Gasteiger charge is -2.49. The fraction of sp³-hybridized carbons (Fsp3) is 0.667. The zero-order chi connectivity index (χ0) is 18.1. The largest absolute Gasteiger partial charge is 0.328 e. The first-order chi connectivity index (χ1) is 12.6. The van der Waals surface area contributed by atoms with E-state index in [9.17, 15) is 4.79 Å². The van der Waals surface area contributed by atoms with E-state index in [-0.39, 0.29) is 24.3 Å². The topological polar surface area (TPSA) is 63.7 Å². The van der Waals surface area contributed by atoms with Crippen molar-refractivity contribution in [3.8, 4) is 0 Å². The van der Waals surface area contributed by atoms with Gasteiger partial charge in [-0.3, -0.25) is 29.8 Å². The normalized spacial score (nSPS) is 31.5. The number of piperazine rings is 1. The van der Waals surface area contributed by atoms with E-state index >= 15 is 0 Å². The average Bonchev–Trinajstić information content (AvgIpc) is 2.65. The monoisotopic (exact) mass is 378 g/mol. The Labute approximate surface area is 159 Å². The summed E-state index contributed by atoms with van der Waals surface area (Å²) in [6.07, 6.45) is 3.92. The molecule has 3 aliphatic rings. The molecule has 4 heterocycles. The molecule has 0 radical (unpaired) electrons. The second-order valence-corrected chi connectivity index (χ2v) is 7.90. The summed E-state index contributed by atoms with van der Waals surface area (Å²) in [6.45, 7) is 5.50. The van der Waals surface area contributed by atoms with E-state index < -0.39 is 0 Å². The van der Waals surface area contributed by atoms with Crippen molar-refractivity contribution in [3.05, 3.63) is 29.0 Å². The first-order valence-corrected chi connectivity index (χ1v) is 9.82. The van der Waals surface area contributed by atoms with Crippen LogP contribution in [0.5, 0.6) is 0 Å². The highest BCUT2D eigenvalue weighted by atomic mass is 35.5. The Hall–Kier alpha value is -1.25. The molecule has 1 amide bonds. The summed E-state index contributed by atoms with van der Waals surface area (Å²) >= 11 is 6.23. The van der Waals surface area contributed by atoms with Gasteiger partial charge in [-0.05, 0) is 38.6 Å². The Bertz CT molecular complexity index is 650. The molecule has 3 unspecified atom stereocenters. The van der Waals surface area contributed by atoms with Crippen molar-refractivity contribution < 1.29 is 4.79 Å². The number of pyridine rings is 1. The van der Waals surface area contributed by atoms with Crippen LogP contribution < -0.4 is 10.6 Å². The Morgan fingerprint density at radius 2 is 2.08 bits per heavy atom. The molecule has 4 rings (SSSR count). The Morgan fingerprint density at radius 3 is 2.85 bits per heavy atom. The lowest BCUT2D eigenvalue weighted by molar-refractivity contribution is -0.139. The predicted molar refractivity (Wildman–Crippen MR) is 100 cm³/mol. The van der Waals surface area contributed by atoms with E-state index in [1.165, 1.54) is 0 Å². The number of nitrogens with zero attached hydrogens (tertiary/aromatic N) is 4.